The van der Waals surface area contributed by atoms with Crippen LogP contribution in [0.2, 0.25) is 0 Å². The molecule has 140 valence electrons. The van der Waals surface area contributed by atoms with Crippen LogP contribution < -0.4 is 4.74 Å². The topological polar surface area (TPSA) is 42.0 Å². The van der Waals surface area contributed by atoms with Crippen molar-refractivity contribution in [1.29, 1.82) is 0 Å². The maximum Gasteiger partial charge on any atom is 0.573 e. The molecule has 1 saturated heterocycles. The molecule has 1 aliphatic heterocycles. The highest BCUT2D eigenvalue weighted by atomic mass is 19.4. The van der Waals surface area contributed by atoms with Crippen LogP contribution in [-0.2, 0) is 16.1 Å². The van der Waals surface area contributed by atoms with Gasteiger partial charge >= 0.3 is 6.36 Å². The van der Waals surface area contributed by atoms with Gasteiger partial charge in [0, 0.05) is 19.6 Å². The number of amides is 1. The standard InChI is InChI=1S/C17H23F3N2O3/c1-12-8-22(9-13(2)24-12)16(23)11-21(3)10-14-4-6-15(7-5-14)25-17(18,19)20/h4-7,12-13H,8-11H2,1-3H3. The summed E-state index contributed by atoms with van der Waals surface area (Å²) in [6.45, 7) is 5.70. The average molecular weight is 360 g/mol. The van der Waals surface area contributed by atoms with Crippen LogP contribution in [0, 0.1) is 0 Å². The number of morpholine rings is 1. The van der Waals surface area contributed by atoms with Gasteiger partial charge in [0.2, 0.25) is 5.91 Å². The molecule has 1 fully saturated rings. The molecular formula is C17H23F3N2O3. The van der Waals surface area contributed by atoms with E-state index in [0.29, 0.717) is 19.6 Å². The fourth-order valence-corrected chi connectivity index (χ4v) is 2.88. The minimum atomic E-state index is -4.70. The van der Waals surface area contributed by atoms with Crippen molar-refractivity contribution < 1.29 is 27.4 Å². The van der Waals surface area contributed by atoms with Crippen molar-refractivity contribution in [3.05, 3.63) is 29.8 Å². The van der Waals surface area contributed by atoms with E-state index < -0.39 is 6.36 Å². The summed E-state index contributed by atoms with van der Waals surface area (Å²) in [5.74, 6) is -0.243. The number of carbonyl (C=O) groups is 1. The summed E-state index contributed by atoms with van der Waals surface area (Å²) >= 11 is 0. The van der Waals surface area contributed by atoms with Crippen LogP contribution in [0.1, 0.15) is 19.4 Å². The number of benzene rings is 1. The third kappa shape index (κ3) is 6.55. The van der Waals surface area contributed by atoms with Crippen LogP contribution in [0.5, 0.6) is 5.75 Å². The van der Waals surface area contributed by atoms with Crippen LogP contribution >= 0.6 is 0 Å². The van der Waals surface area contributed by atoms with E-state index in [9.17, 15) is 18.0 Å². The van der Waals surface area contributed by atoms with Gasteiger partial charge in [0.1, 0.15) is 5.75 Å². The van der Waals surface area contributed by atoms with E-state index in [1.807, 2.05) is 18.7 Å². The third-order valence-corrected chi connectivity index (χ3v) is 3.79. The zero-order chi connectivity index (χ0) is 18.6. The van der Waals surface area contributed by atoms with Crippen molar-refractivity contribution in [2.24, 2.45) is 0 Å². The second-order valence-electron chi connectivity index (χ2n) is 6.42. The Morgan fingerprint density at radius 3 is 2.32 bits per heavy atom. The SMILES string of the molecule is CC1CN(C(=O)CN(C)Cc2ccc(OC(F)(F)F)cc2)CC(C)O1. The van der Waals surface area contributed by atoms with Crippen molar-refractivity contribution in [2.75, 3.05) is 26.7 Å². The monoisotopic (exact) mass is 360 g/mol. The second kappa shape index (κ2) is 8.05. The van der Waals surface area contributed by atoms with Gasteiger partial charge in [0.05, 0.1) is 18.8 Å². The van der Waals surface area contributed by atoms with Crippen LogP contribution in [-0.4, -0.2) is 61.0 Å². The zero-order valence-electron chi connectivity index (χ0n) is 14.5. The Kier molecular flexibility index (Phi) is 6.29. The van der Waals surface area contributed by atoms with Crippen molar-refractivity contribution in [3.8, 4) is 5.75 Å². The van der Waals surface area contributed by atoms with Crippen molar-refractivity contribution >= 4 is 5.91 Å². The van der Waals surface area contributed by atoms with Crippen molar-refractivity contribution in [3.63, 3.8) is 0 Å². The number of hydrogen-bond acceptors (Lipinski definition) is 4. The summed E-state index contributed by atoms with van der Waals surface area (Å²) in [7, 11) is 1.80. The van der Waals surface area contributed by atoms with E-state index in [4.69, 9.17) is 4.74 Å². The average Bonchev–Trinajstić information content (AvgIpc) is 2.46. The van der Waals surface area contributed by atoms with Gasteiger partial charge in [-0.15, -0.1) is 13.2 Å². The van der Waals surface area contributed by atoms with Gasteiger partial charge in [0.25, 0.3) is 0 Å². The lowest BCUT2D eigenvalue weighted by molar-refractivity contribution is -0.274. The van der Waals surface area contributed by atoms with Crippen molar-refractivity contribution in [1.82, 2.24) is 9.80 Å². The van der Waals surface area contributed by atoms with Crippen LogP contribution in [0.3, 0.4) is 0 Å². The Morgan fingerprint density at radius 1 is 1.24 bits per heavy atom. The molecule has 0 N–H and O–H groups in total. The normalized spacial score (nSPS) is 21.5. The summed E-state index contributed by atoms with van der Waals surface area (Å²) in [6, 6.07) is 5.65. The molecule has 2 unspecified atom stereocenters. The number of halogens is 3. The first-order chi connectivity index (χ1) is 11.6. The highest BCUT2D eigenvalue weighted by Gasteiger charge is 2.31. The molecule has 1 aromatic rings. The van der Waals surface area contributed by atoms with Gasteiger partial charge in [-0.3, -0.25) is 9.69 Å². The Balaban J connectivity index is 1.85. The number of likely N-dealkylation sites (N-methyl/N-ethyl adjacent to an activating group) is 1. The molecule has 1 heterocycles. The van der Waals surface area contributed by atoms with Gasteiger partial charge in [0.15, 0.2) is 0 Å². The van der Waals surface area contributed by atoms with Gasteiger partial charge in [-0.1, -0.05) is 12.1 Å². The third-order valence-electron chi connectivity index (χ3n) is 3.79. The first-order valence-electron chi connectivity index (χ1n) is 8.09. The van der Waals surface area contributed by atoms with Gasteiger partial charge < -0.3 is 14.4 Å². The Bertz CT molecular complexity index is 567. The van der Waals surface area contributed by atoms with E-state index in [0.717, 1.165) is 5.56 Å². The number of alkyl halides is 3. The molecule has 5 nitrogen and oxygen atoms in total. The number of ether oxygens (including phenoxy) is 2. The van der Waals surface area contributed by atoms with Crippen molar-refractivity contribution in [2.45, 2.75) is 39.0 Å². The lowest BCUT2D eigenvalue weighted by Crippen LogP contribution is -2.50. The molecule has 1 amide bonds. The fourth-order valence-electron chi connectivity index (χ4n) is 2.88. The molecule has 8 heteroatoms. The highest BCUT2D eigenvalue weighted by molar-refractivity contribution is 5.78. The summed E-state index contributed by atoms with van der Waals surface area (Å²) in [5.41, 5.74) is 0.800. The van der Waals surface area contributed by atoms with Gasteiger partial charge in [-0.25, -0.2) is 0 Å². The lowest BCUT2D eigenvalue weighted by Gasteiger charge is -2.36. The van der Waals surface area contributed by atoms with E-state index in [2.05, 4.69) is 4.74 Å². The number of nitrogens with zero attached hydrogens (tertiary/aromatic N) is 2. The molecule has 1 aromatic carbocycles. The Morgan fingerprint density at radius 2 is 1.80 bits per heavy atom. The summed E-state index contributed by atoms with van der Waals surface area (Å²) in [4.78, 5) is 16.0. The smallest absolute Gasteiger partial charge is 0.406 e. The summed E-state index contributed by atoms with van der Waals surface area (Å²) < 4.78 is 45.9. The second-order valence-corrected chi connectivity index (χ2v) is 6.42. The molecule has 0 bridgehead atoms. The first kappa shape index (κ1) is 19.5. The number of hydrogen-bond donors (Lipinski definition) is 0. The zero-order valence-corrected chi connectivity index (χ0v) is 14.5. The molecule has 0 saturated carbocycles. The van der Waals surface area contributed by atoms with Gasteiger partial charge in [-0.05, 0) is 38.6 Å². The predicted octanol–water partition coefficient (Wildman–Crippen LogP) is 2.65. The minimum Gasteiger partial charge on any atom is -0.406 e. The van der Waals surface area contributed by atoms with E-state index in [1.54, 1.807) is 24.1 Å². The quantitative estimate of drug-likeness (QED) is 0.810. The highest BCUT2D eigenvalue weighted by Crippen LogP contribution is 2.23. The van der Waals surface area contributed by atoms with Crippen LogP contribution in [0.25, 0.3) is 0 Å². The molecule has 0 radical (unpaired) electrons. The molecule has 1 aliphatic rings. The summed E-state index contributed by atoms with van der Waals surface area (Å²) in [5, 5.41) is 0. The molecule has 0 spiro atoms. The van der Waals surface area contributed by atoms with E-state index >= 15 is 0 Å². The predicted molar refractivity (Wildman–Crippen MR) is 86.0 cm³/mol. The number of rotatable bonds is 5. The largest absolute Gasteiger partial charge is 0.573 e. The number of carbonyl (C=O) groups excluding carboxylic acids is 1. The minimum absolute atomic E-state index is 0.0131. The molecule has 2 atom stereocenters. The Labute approximate surface area is 145 Å². The van der Waals surface area contributed by atoms with E-state index in [1.165, 1.54) is 12.1 Å². The molecule has 25 heavy (non-hydrogen) atoms. The summed E-state index contributed by atoms with van der Waals surface area (Å²) in [6.07, 6.45) is -4.67. The van der Waals surface area contributed by atoms with E-state index in [-0.39, 0.29) is 30.4 Å². The first-order valence-corrected chi connectivity index (χ1v) is 8.09. The van der Waals surface area contributed by atoms with Crippen LogP contribution in [0.15, 0.2) is 24.3 Å². The lowest BCUT2D eigenvalue weighted by atomic mass is 10.2. The molecular weight excluding hydrogens is 337 g/mol. The Hall–Kier alpha value is -1.80. The molecule has 0 aromatic heterocycles. The molecule has 0 aliphatic carbocycles. The molecule has 2 rings (SSSR count). The maximum absolute atomic E-state index is 12.4. The van der Waals surface area contributed by atoms with Gasteiger partial charge in [-0.2, -0.15) is 0 Å². The maximum atomic E-state index is 12.4. The van der Waals surface area contributed by atoms with Crippen LogP contribution in [0.4, 0.5) is 13.2 Å². The fraction of sp³-hybridized carbons (Fsp3) is 0.588.